The van der Waals surface area contributed by atoms with Crippen molar-refractivity contribution in [1.29, 1.82) is 0 Å². The van der Waals surface area contributed by atoms with Gasteiger partial charge in [-0.3, -0.25) is 10.1 Å². The first-order valence-electron chi connectivity index (χ1n) is 5.09. The van der Waals surface area contributed by atoms with Crippen molar-refractivity contribution in [3.05, 3.63) is 53.3 Å². The lowest BCUT2D eigenvalue weighted by Gasteiger charge is -2.07. The minimum atomic E-state index is -0.545. The number of nitro groups is 1. The molecule has 0 amide bonds. The van der Waals surface area contributed by atoms with Gasteiger partial charge in [0.2, 0.25) is 0 Å². The Morgan fingerprint density at radius 3 is 2.68 bits per heavy atom. The first-order valence-corrected chi connectivity index (χ1v) is 7.49. The summed E-state index contributed by atoms with van der Waals surface area (Å²) in [4.78, 5) is 11.4. The summed E-state index contributed by atoms with van der Waals surface area (Å²) in [7, 11) is 0. The van der Waals surface area contributed by atoms with Gasteiger partial charge in [0.05, 0.1) is 13.2 Å². The van der Waals surface area contributed by atoms with E-state index in [0.29, 0.717) is 6.54 Å². The van der Waals surface area contributed by atoms with Gasteiger partial charge in [-0.25, -0.2) is 4.39 Å². The van der Waals surface area contributed by atoms with Crippen LogP contribution in [-0.2, 0) is 6.54 Å². The van der Waals surface area contributed by atoms with Gasteiger partial charge in [-0.2, -0.15) is 0 Å². The molecule has 0 bridgehead atoms. The highest BCUT2D eigenvalue weighted by atomic mass is 79.9. The lowest BCUT2D eigenvalue weighted by atomic mass is 10.2. The molecule has 0 aliphatic heterocycles. The SMILES string of the molecule is O=[N+]([O-])c1cc(Br)c(F)cc1NCc1ccc(Br)s1. The van der Waals surface area contributed by atoms with E-state index in [1.807, 2.05) is 12.1 Å². The summed E-state index contributed by atoms with van der Waals surface area (Å²) in [5.74, 6) is -0.541. The van der Waals surface area contributed by atoms with Crippen molar-refractivity contribution in [2.45, 2.75) is 6.54 Å². The van der Waals surface area contributed by atoms with E-state index in [2.05, 4.69) is 37.2 Å². The van der Waals surface area contributed by atoms with Gasteiger partial charge in [0.1, 0.15) is 11.5 Å². The molecular formula is C11H7Br2FN2O2S. The van der Waals surface area contributed by atoms with Crippen LogP contribution >= 0.6 is 43.2 Å². The molecular weight excluding hydrogens is 403 g/mol. The van der Waals surface area contributed by atoms with Crippen LogP contribution in [0.5, 0.6) is 0 Å². The van der Waals surface area contributed by atoms with Crippen LogP contribution in [0.15, 0.2) is 32.5 Å². The maximum Gasteiger partial charge on any atom is 0.293 e. The summed E-state index contributed by atoms with van der Waals surface area (Å²) in [6.45, 7) is 0.401. The first kappa shape index (κ1) is 14.4. The molecule has 0 aliphatic rings. The van der Waals surface area contributed by atoms with Crippen LogP contribution in [0.4, 0.5) is 15.8 Å². The molecule has 2 rings (SSSR count). The van der Waals surface area contributed by atoms with Crippen LogP contribution in [0.2, 0.25) is 0 Å². The molecule has 0 aliphatic carbocycles. The van der Waals surface area contributed by atoms with E-state index >= 15 is 0 Å². The van der Waals surface area contributed by atoms with Crippen LogP contribution in [0.3, 0.4) is 0 Å². The fourth-order valence-electron chi connectivity index (χ4n) is 1.46. The molecule has 0 spiro atoms. The van der Waals surface area contributed by atoms with E-state index < -0.39 is 10.7 Å². The molecule has 19 heavy (non-hydrogen) atoms. The highest BCUT2D eigenvalue weighted by molar-refractivity contribution is 9.11. The molecule has 1 aromatic carbocycles. The average molecular weight is 410 g/mol. The fourth-order valence-corrected chi connectivity index (χ4v) is 3.21. The Hall–Kier alpha value is -0.990. The van der Waals surface area contributed by atoms with Crippen LogP contribution < -0.4 is 5.32 Å². The lowest BCUT2D eigenvalue weighted by molar-refractivity contribution is -0.384. The molecule has 0 atom stereocenters. The van der Waals surface area contributed by atoms with Crippen molar-refractivity contribution < 1.29 is 9.31 Å². The highest BCUT2D eigenvalue weighted by Gasteiger charge is 2.17. The van der Waals surface area contributed by atoms with Gasteiger partial charge >= 0.3 is 0 Å². The standard InChI is InChI=1S/C11H7Br2FN2O2S/c12-7-3-10(16(17)18)9(4-8(7)14)15-5-6-1-2-11(13)19-6/h1-4,15H,5H2. The van der Waals surface area contributed by atoms with Gasteiger partial charge in [0.15, 0.2) is 0 Å². The Kier molecular flexibility index (Phi) is 4.54. The zero-order valence-corrected chi connectivity index (χ0v) is 13.3. The molecule has 100 valence electrons. The molecule has 0 saturated carbocycles. The van der Waals surface area contributed by atoms with E-state index in [9.17, 15) is 14.5 Å². The molecule has 4 nitrogen and oxygen atoms in total. The Morgan fingerprint density at radius 2 is 2.11 bits per heavy atom. The molecule has 1 aromatic heterocycles. The number of halogens is 3. The monoisotopic (exact) mass is 408 g/mol. The maximum absolute atomic E-state index is 13.4. The largest absolute Gasteiger partial charge is 0.375 e. The predicted octanol–water partition coefficient (Wildman–Crippen LogP) is 4.93. The number of nitro benzene ring substituents is 1. The number of hydrogen-bond acceptors (Lipinski definition) is 4. The van der Waals surface area contributed by atoms with Gasteiger partial charge in [-0.1, -0.05) is 0 Å². The van der Waals surface area contributed by atoms with Crippen molar-refractivity contribution in [1.82, 2.24) is 0 Å². The second kappa shape index (κ2) is 5.98. The first-order chi connectivity index (χ1) is 8.97. The predicted molar refractivity (Wildman–Crippen MR) is 80.1 cm³/mol. The van der Waals surface area contributed by atoms with Crippen molar-refractivity contribution in [2.24, 2.45) is 0 Å². The van der Waals surface area contributed by atoms with Crippen LogP contribution in [0, 0.1) is 15.9 Å². The third kappa shape index (κ3) is 3.52. The summed E-state index contributed by atoms with van der Waals surface area (Å²) in [6.07, 6.45) is 0. The van der Waals surface area contributed by atoms with Crippen molar-refractivity contribution >= 4 is 54.6 Å². The van der Waals surface area contributed by atoms with E-state index in [1.54, 1.807) is 0 Å². The number of nitrogens with one attached hydrogen (secondary N) is 1. The Balaban J connectivity index is 2.23. The van der Waals surface area contributed by atoms with Crippen LogP contribution in [0.25, 0.3) is 0 Å². The summed E-state index contributed by atoms with van der Waals surface area (Å²) in [5, 5.41) is 13.8. The normalized spacial score (nSPS) is 10.5. The Bertz CT molecular complexity index is 633. The second-order valence-corrected chi connectivity index (χ2v) is 7.00. The maximum atomic E-state index is 13.4. The van der Waals surface area contributed by atoms with Crippen LogP contribution in [0.1, 0.15) is 4.88 Å². The topological polar surface area (TPSA) is 55.2 Å². The van der Waals surface area contributed by atoms with Gasteiger partial charge in [0.25, 0.3) is 5.69 Å². The summed E-state index contributed by atoms with van der Waals surface area (Å²) >= 11 is 7.78. The number of rotatable bonds is 4. The van der Waals surface area contributed by atoms with Crippen molar-refractivity contribution in [3.8, 4) is 0 Å². The average Bonchev–Trinajstić information content (AvgIpc) is 2.76. The molecule has 2 aromatic rings. The molecule has 1 N–H and O–H groups in total. The fraction of sp³-hybridized carbons (Fsp3) is 0.0909. The number of benzene rings is 1. The van der Waals surface area contributed by atoms with E-state index in [-0.39, 0.29) is 15.8 Å². The van der Waals surface area contributed by atoms with E-state index in [4.69, 9.17) is 0 Å². The summed E-state index contributed by atoms with van der Waals surface area (Å²) in [5.41, 5.74) is -0.000815. The molecule has 8 heteroatoms. The van der Waals surface area contributed by atoms with Gasteiger partial charge in [-0.15, -0.1) is 11.3 Å². The second-order valence-electron chi connectivity index (χ2n) is 3.60. The van der Waals surface area contributed by atoms with Crippen LogP contribution in [-0.4, -0.2) is 4.92 Å². The zero-order chi connectivity index (χ0) is 14.0. The molecule has 1 heterocycles. The minimum absolute atomic E-state index is 0.0728. The molecule has 0 saturated heterocycles. The third-order valence-corrected chi connectivity index (χ3v) is 4.55. The number of hydrogen-bond donors (Lipinski definition) is 1. The quantitative estimate of drug-likeness (QED) is 0.575. The van der Waals surface area contributed by atoms with Crippen molar-refractivity contribution in [3.63, 3.8) is 0 Å². The smallest absolute Gasteiger partial charge is 0.293 e. The van der Waals surface area contributed by atoms with E-state index in [0.717, 1.165) is 20.8 Å². The lowest BCUT2D eigenvalue weighted by Crippen LogP contribution is -2.02. The third-order valence-electron chi connectivity index (χ3n) is 2.32. The van der Waals surface area contributed by atoms with Gasteiger partial charge in [0, 0.05) is 23.6 Å². The Labute approximate surface area is 129 Å². The number of anilines is 1. The Morgan fingerprint density at radius 1 is 1.37 bits per heavy atom. The van der Waals surface area contributed by atoms with Crippen molar-refractivity contribution in [2.75, 3.05) is 5.32 Å². The number of nitrogens with zero attached hydrogens (tertiary/aromatic N) is 1. The highest BCUT2D eigenvalue weighted by Crippen LogP contribution is 2.31. The van der Waals surface area contributed by atoms with E-state index in [1.165, 1.54) is 11.3 Å². The summed E-state index contributed by atoms with van der Waals surface area (Å²) < 4.78 is 14.5. The number of thiophene rings is 1. The summed E-state index contributed by atoms with van der Waals surface area (Å²) in [6, 6.07) is 6.05. The van der Waals surface area contributed by atoms with Gasteiger partial charge in [-0.05, 0) is 44.0 Å². The molecule has 0 fully saturated rings. The van der Waals surface area contributed by atoms with Gasteiger partial charge < -0.3 is 5.32 Å². The zero-order valence-electron chi connectivity index (χ0n) is 9.32. The minimum Gasteiger partial charge on any atom is -0.375 e. The molecule has 0 unspecified atom stereocenters. The molecule has 0 radical (unpaired) electrons.